The lowest BCUT2D eigenvalue weighted by Crippen LogP contribution is -2.40. The van der Waals surface area contributed by atoms with Crippen molar-refractivity contribution in [1.82, 2.24) is 4.90 Å². The Hall–Kier alpha value is -0.880. The predicted octanol–water partition coefficient (Wildman–Crippen LogP) is 3.37. The van der Waals surface area contributed by atoms with E-state index in [1.54, 1.807) is 6.07 Å². The summed E-state index contributed by atoms with van der Waals surface area (Å²) in [6.07, 6.45) is 4.59. The Kier molecular flexibility index (Phi) is 7.39. The highest BCUT2D eigenvalue weighted by Crippen LogP contribution is 2.27. The van der Waals surface area contributed by atoms with Crippen molar-refractivity contribution in [3.8, 4) is 0 Å². The normalized spacial score (nSPS) is 19.0. The second kappa shape index (κ2) is 8.54. The Balaban J connectivity index is 0.00000220. The van der Waals surface area contributed by atoms with Gasteiger partial charge in [-0.25, -0.2) is 0 Å². The first kappa shape index (κ1) is 18.2. The monoisotopic (exact) mass is 333 g/mol. The van der Waals surface area contributed by atoms with Crippen LogP contribution >= 0.6 is 24.0 Å². The smallest absolute Gasteiger partial charge is 0.270 e. The van der Waals surface area contributed by atoms with Crippen LogP contribution in [0, 0.1) is 10.1 Å². The van der Waals surface area contributed by atoms with Gasteiger partial charge in [0.1, 0.15) is 0 Å². The fourth-order valence-corrected chi connectivity index (χ4v) is 3.02. The molecule has 0 amide bonds. The van der Waals surface area contributed by atoms with E-state index in [1.807, 2.05) is 0 Å². The van der Waals surface area contributed by atoms with E-state index < -0.39 is 4.92 Å². The van der Waals surface area contributed by atoms with Gasteiger partial charge in [-0.3, -0.25) is 15.0 Å². The van der Waals surface area contributed by atoms with Crippen LogP contribution in [-0.2, 0) is 6.54 Å². The number of rotatable bonds is 5. The number of nitrogens with two attached hydrogens (primary N) is 1. The van der Waals surface area contributed by atoms with Crippen molar-refractivity contribution in [1.29, 1.82) is 0 Å². The lowest BCUT2D eigenvalue weighted by molar-refractivity contribution is -0.384. The Morgan fingerprint density at radius 3 is 2.81 bits per heavy atom. The number of nitro groups is 1. The van der Waals surface area contributed by atoms with Crippen LogP contribution < -0.4 is 5.73 Å². The largest absolute Gasteiger partial charge is 0.330 e. The van der Waals surface area contributed by atoms with Crippen LogP contribution in [0.25, 0.3) is 0 Å². The van der Waals surface area contributed by atoms with Crippen molar-refractivity contribution in [2.24, 2.45) is 5.73 Å². The summed E-state index contributed by atoms with van der Waals surface area (Å²) in [5.74, 6) is 0. The van der Waals surface area contributed by atoms with E-state index in [-0.39, 0.29) is 18.1 Å². The number of nitrogens with zero attached hydrogens (tertiary/aromatic N) is 2. The number of non-ortho nitro benzene ring substituents is 1. The molecule has 0 aromatic heterocycles. The highest BCUT2D eigenvalue weighted by Gasteiger charge is 2.22. The summed E-state index contributed by atoms with van der Waals surface area (Å²) in [6.45, 7) is 2.47. The molecular weight excluding hydrogens is 313 g/mol. The van der Waals surface area contributed by atoms with Crippen LogP contribution in [0.2, 0.25) is 5.02 Å². The van der Waals surface area contributed by atoms with Crippen LogP contribution in [0.5, 0.6) is 0 Å². The lowest BCUT2D eigenvalue weighted by Gasteiger charge is -2.35. The zero-order valence-corrected chi connectivity index (χ0v) is 13.4. The number of hydrogen-bond acceptors (Lipinski definition) is 4. The molecule has 1 aromatic rings. The van der Waals surface area contributed by atoms with Gasteiger partial charge in [0.05, 0.1) is 9.95 Å². The summed E-state index contributed by atoms with van der Waals surface area (Å²) in [7, 11) is 0. The van der Waals surface area contributed by atoms with E-state index in [2.05, 4.69) is 4.90 Å². The van der Waals surface area contributed by atoms with E-state index in [1.165, 1.54) is 31.4 Å². The van der Waals surface area contributed by atoms with Gasteiger partial charge in [0, 0.05) is 24.7 Å². The lowest BCUT2D eigenvalue weighted by atomic mass is 9.98. The Morgan fingerprint density at radius 2 is 2.19 bits per heavy atom. The van der Waals surface area contributed by atoms with E-state index in [0.29, 0.717) is 17.6 Å². The molecule has 5 nitrogen and oxygen atoms in total. The van der Waals surface area contributed by atoms with Gasteiger partial charge in [-0.2, -0.15) is 0 Å². The molecule has 0 bridgehead atoms. The number of piperidine rings is 1. The van der Waals surface area contributed by atoms with Crippen LogP contribution in [0.1, 0.15) is 31.2 Å². The molecule has 1 aliphatic heterocycles. The van der Waals surface area contributed by atoms with Gasteiger partial charge in [-0.1, -0.05) is 18.0 Å². The third-order valence-corrected chi connectivity index (χ3v) is 4.22. The molecule has 7 heteroatoms. The van der Waals surface area contributed by atoms with Crippen molar-refractivity contribution in [2.45, 2.75) is 38.3 Å². The van der Waals surface area contributed by atoms with Gasteiger partial charge in [-0.15, -0.1) is 12.4 Å². The Labute approximate surface area is 136 Å². The van der Waals surface area contributed by atoms with E-state index >= 15 is 0 Å². The number of likely N-dealkylation sites (tertiary alicyclic amines) is 1. The van der Waals surface area contributed by atoms with Crippen LogP contribution in [0.4, 0.5) is 5.69 Å². The van der Waals surface area contributed by atoms with Crippen molar-refractivity contribution < 1.29 is 4.92 Å². The quantitative estimate of drug-likeness (QED) is 0.662. The highest BCUT2D eigenvalue weighted by atomic mass is 35.5. The molecule has 1 fully saturated rings. The number of hydrogen-bond donors (Lipinski definition) is 1. The fourth-order valence-electron chi connectivity index (χ4n) is 2.78. The standard InChI is InChI=1S/C14H20ClN3O2.ClH/c15-14-9-13(18(19)20)5-4-11(14)10-17-8-2-1-3-12(17)6-7-16;/h4-5,9,12H,1-3,6-8,10,16H2;1H. The molecule has 118 valence electrons. The SMILES string of the molecule is Cl.NCCC1CCCCN1Cc1ccc([N+](=O)[O-])cc1Cl. The first-order chi connectivity index (χ1) is 9.61. The number of benzene rings is 1. The van der Waals surface area contributed by atoms with Crippen LogP contribution in [-0.4, -0.2) is 29.0 Å². The first-order valence-electron chi connectivity index (χ1n) is 6.98. The third-order valence-electron chi connectivity index (χ3n) is 3.87. The average Bonchev–Trinajstić information content (AvgIpc) is 2.43. The summed E-state index contributed by atoms with van der Waals surface area (Å²) >= 11 is 6.16. The van der Waals surface area contributed by atoms with Crippen LogP contribution in [0.15, 0.2) is 18.2 Å². The zero-order valence-electron chi connectivity index (χ0n) is 11.8. The molecule has 0 saturated carbocycles. The molecule has 1 aliphatic rings. The maximum atomic E-state index is 10.7. The third kappa shape index (κ3) is 4.81. The molecule has 2 N–H and O–H groups in total. The highest BCUT2D eigenvalue weighted by molar-refractivity contribution is 6.31. The van der Waals surface area contributed by atoms with Crippen molar-refractivity contribution >= 4 is 29.7 Å². The van der Waals surface area contributed by atoms with Crippen LogP contribution in [0.3, 0.4) is 0 Å². The summed E-state index contributed by atoms with van der Waals surface area (Å²) in [6, 6.07) is 5.20. The van der Waals surface area contributed by atoms with Crippen molar-refractivity contribution in [3.63, 3.8) is 0 Å². The minimum Gasteiger partial charge on any atom is -0.330 e. The van der Waals surface area contributed by atoms with E-state index in [9.17, 15) is 10.1 Å². The number of halogens is 2. The summed E-state index contributed by atoms with van der Waals surface area (Å²) < 4.78 is 0. The molecule has 1 atom stereocenters. The average molecular weight is 334 g/mol. The van der Waals surface area contributed by atoms with Gasteiger partial charge in [0.2, 0.25) is 0 Å². The second-order valence-corrected chi connectivity index (χ2v) is 5.64. The first-order valence-corrected chi connectivity index (χ1v) is 7.36. The molecule has 1 unspecified atom stereocenters. The Bertz CT molecular complexity index is 483. The molecule has 0 radical (unpaired) electrons. The molecule has 0 spiro atoms. The number of nitro benzene ring substituents is 1. The summed E-state index contributed by atoms with van der Waals surface area (Å²) in [5.41, 5.74) is 6.65. The molecule has 0 aliphatic carbocycles. The van der Waals surface area contributed by atoms with E-state index in [0.717, 1.165) is 25.1 Å². The van der Waals surface area contributed by atoms with E-state index in [4.69, 9.17) is 17.3 Å². The second-order valence-electron chi connectivity index (χ2n) is 5.23. The molecule has 21 heavy (non-hydrogen) atoms. The van der Waals surface area contributed by atoms with Crippen molar-refractivity contribution in [3.05, 3.63) is 38.9 Å². The maximum absolute atomic E-state index is 10.7. The predicted molar refractivity (Wildman–Crippen MR) is 87.1 cm³/mol. The molecule has 1 saturated heterocycles. The molecule has 2 rings (SSSR count). The summed E-state index contributed by atoms with van der Waals surface area (Å²) in [5, 5.41) is 11.2. The topological polar surface area (TPSA) is 72.4 Å². The summed E-state index contributed by atoms with van der Waals surface area (Å²) in [4.78, 5) is 12.7. The Morgan fingerprint density at radius 1 is 1.43 bits per heavy atom. The zero-order chi connectivity index (χ0) is 14.5. The fraction of sp³-hybridized carbons (Fsp3) is 0.571. The van der Waals surface area contributed by atoms with Gasteiger partial charge >= 0.3 is 0 Å². The van der Waals surface area contributed by atoms with Gasteiger partial charge in [0.25, 0.3) is 5.69 Å². The van der Waals surface area contributed by atoms with Gasteiger partial charge < -0.3 is 5.73 Å². The molecule has 1 heterocycles. The van der Waals surface area contributed by atoms with Gasteiger partial charge in [0.15, 0.2) is 0 Å². The molecule has 1 aromatic carbocycles. The van der Waals surface area contributed by atoms with Crippen molar-refractivity contribution in [2.75, 3.05) is 13.1 Å². The molecular formula is C14H21Cl2N3O2. The van der Waals surface area contributed by atoms with Gasteiger partial charge in [-0.05, 0) is 44.0 Å². The maximum Gasteiger partial charge on any atom is 0.270 e. The minimum atomic E-state index is -0.423. The minimum absolute atomic E-state index is 0.